The Morgan fingerprint density at radius 1 is 1.33 bits per heavy atom. The third-order valence-corrected chi connectivity index (χ3v) is 1.57. The van der Waals surface area contributed by atoms with E-state index >= 15 is 0 Å². The van der Waals surface area contributed by atoms with Crippen molar-refractivity contribution in [3.05, 3.63) is 0 Å². The third kappa shape index (κ3) is 4.48. The Balaban J connectivity index is 4.57. The molecular weight excluding hydrogens is 215 g/mol. The van der Waals surface area contributed by atoms with Gasteiger partial charge in [-0.25, -0.2) is 4.79 Å². The monoisotopic (exact) mass is 229 g/mol. The van der Waals surface area contributed by atoms with Crippen LogP contribution in [0.15, 0.2) is 0 Å². The van der Waals surface area contributed by atoms with Crippen LogP contribution < -0.4 is 5.73 Å². The number of hydrogen-bond acceptors (Lipinski definition) is 4. The number of carbonyl (C=O) groups excluding carboxylic acids is 1. The minimum absolute atomic E-state index is 0.0208. The predicted octanol–water partition coefficient (Wildman–Crippen LogP) is 0.844. The van der Waals surface area contributed by atoms with E-state index in [9.17, 15) is 18.0 Å². The highest BCUT2D eigenvalue weighted by atomic mass is 19.4. The van der Waals surface area contributed by atoms with Crippen LogP contribution in [0.25, 0.3) is 0 Å². The zero-order valence-electron chi connectivity index (χ0n) is 8.50. The van der Waals surface area contributed by atoms with Gasteiger partial charge in [0.05, 0.1) is 6.61 Å². The number of rotatable bonds is 5. The highest BCUT2D eigenvalue weighted by Gasteiger charge is 2.46. The summed E-state index contributed by atoms with van der Waals surface area (Å²) < 4.78 is 45.7. The van der Waals surface area contributed by atoms with E-state index in [1.165, 1.54) is 13.8 Å². The fourth-order valence-corrected chi connectivity index (χ4v) is 0.894. The van der Waals surface area contributed by atoms with Crippen LogP contribution in [0.1, 0.15) is 13.8 Å². The molecule has 0 aliphatic carbocycles. The Kier molecular flexibility index (Phi) is 5.59. The van der Waals surface area contributed by atoms with Crippen molar-refractivity contribution in [3.63, 3.8) is 0 Å². The van der Waals surface area contributed by atoms with E-state index in [2.05, 4.69) is 9.47 Å². The van der Waals surface area contributed by atoms with Gasteiger partial charge in [-0.15, -0.1) is 0 Å². The molecule has 15 heavy (non-hydrogen) atoms. The summed E-state index contributed by atoms with van der Waals surface area (Å²) in [5.41, 5.74) is 4.86. The molecule has 0 spiro atoms. The van der Waals surface area contributed by atoms with Gasteiger partial charge < -0.3 is 15.2 Å². The van der Waals surface area contributed by atoms with Gasteiger partial charge in [0.1, 0.15) is 6.04 Å². The summed E-state index contributed by atoms with van der Waals surface area (Å²) in [6.45, 7) is 2.88. The van der Waals surface area contributed by atoms with E-state index < -0.39 is 24.3 Å². The number of halogens is 3. The molecule has 90 valence electrons. The van der Waals surface area contributed by atoms with Crippen LogP contribution in [0.3, 0.4) is 0 Å². The second-order valence-corrected chi connectivity index (χ2v) is 2.70. The summed E-state index contributed by atoms with van der Waals surface area (Å²) in [4.78, 5) is 11.1. The van der Waals surface area contributed by atoms with Crippen molar-refractivity contribution in [1.29, 1.82) is 0 Å². The van der Waals surface area contributed by atoms with Gasteiger partial charge >= 0.3 is 12.1 Å². The van der Waals surface area contributed by atoms with Gasteiger partial charge in [0.25, 0.3) is 0 Å². The van der Waals surface area contributed by atoms with Crippen molar-refractivity contribution < 1.29 is 27.4 Å². The maximum Gasteiger partial charge on any atom is 0.406 e. The smallest absolute Gasteiger partial charge is 0.406 e. The highest BCUT2D eigenvalue weighted by Crippen LogP contribution is 2.22. The quantitative estimate of drug-likeness (QED) is 0.710. The summed E-state index contributed by atoms with van der Waals surface area (Å²) in [5, 5.41) is 0. The molecule has 2 N–H and O–H groups in total. The molecular formula is C8H14F3NO3. The maximum atomic E-state index is 12.2. The van der Waals surface area contributed by atoms with Crippen LogP contribution in [0.4, 0.5) is 13.2 Å². The van der Waals surface area contributed by atoms with Gasteiger partial charge in [-0.2, -0.15) is 13.2 Å². The highest BCUT2D eigenvalue weighted by molar-refractivity contribution is 5.75. The SMILES string of the molecule is CCOC(=O)[C@@H](OCC)[C@H](N)C(F)(F)F. The average molecular weight is 229 g/mol. The fourth-order valence-electron chi connectivity index (χ4n) is 0.894. The van der Waals surface area contributed by atoms with Gasteiger partial charge in [0.15, 0.2) is 6.10 Å². The molecule has 0 amide bonds. The Labute approximate surface area is 85.5 Å². The summed E-state index contributed by atoms with van der Waals surface area (Å²) in [7, 11) is 0. The number of carbonyl (C=O) groups is 1. The van der Waals surface area contributed by atoms with Crippen LogP contribution in [0.5, 0.6) is 0 Å². The van der Waals surface area contributed by atoms with Crippen LogP contribution in [0.2, 0.25) is 0 Å². The zero-order chi connectivity index (χ0) is 12.1. The van der Waals surface area contributed by atoms with Crippen LogP contribution in [0, 0.1) is 0 Å². The first kappa shape index (κ1) is 14.2. The van der Waals surface area contributed by atoms with Gasteiger partial charge in [-0.3, -0.25) is 0 Å². The van der Waals surface area contributed by atoms with Gasteiger partial charge in [-0.1, -0.05) is 0 Å². The molecule has 0 unspecified atom stereocenters. The third-order valence-electron chi connectivity index (χ3n) is 1.57. The molecule has 0 heterocycles. The maximum absolute atomic E-state index is 12.2. The van der Waals surface area contributed by atoms with Crippen LogP contribution >= 0.6 is 0 Å². The fraction of sp³-hybridized carbons (Fsp3) is 0.875. The van der Waals surface area contributed by atoms with Crippen molar-refractivity contribution >= 4 is 5.97 Å². The van der Waals surface area contributed by atoms with Crippen molar-refractivity contribution in [3.8, 4) is 0 Å². The molecule has 0 aromatic rings. The first-order valence-electron chi connectivity index (χ1n) is 4.45. The number of esters is 1. The van der Waals surface area contributed by atoms with Crippen molar-refractivity contribution in [1.82, 2.24) is 0 Å². The van der Waals surface area contributed by atoms with Crippen molar-refractivity contribution in [2.24, 2.45) is 5.73 Å². The number of alkyl halides is 3. The Morgan fingerprint density at radius 2 is 1.87 bits per heavy atom. The molecule has 0 saturated carbocycles. The van der Waals surface area contributed by atoms with E-state index in [4.69, 9.17) is 5.73 Å². The van der Waals surface area contributed by atoms with E-state index in [1.54, 1.807) is 0 Å². The molecule has 7 heteroatoms. The molecule has 4 nitrogen and oxygen atoms in total. The molecule has 0 bridgehead atoms. The first-order chi connectivity index (χ1) is 6.84. The standard InChI is InChI=1S/C8H14F3NO3/c1-3-14-5(7(13)15-4-2)6(12)8(9,10)11/h5-6H,3-4,12H2,1-2H3/t5-,6-/m0/s1. The summed E-state index contributed by atoms with van der Waals surface area (Å²) in [6, 6.07) is -2.36. The molecule has 0 aromatic carbocycles. The number of ether oxygens (including phenoxy) is 2. The van der Waals surface area contributed by atoms with E-state index in [0.717, 1.165) is 0 Å². The largest absolute Gasteiger partial charge is 0.464 e. The van der Waals surface area contributed by atoms with Crippen molar-refractivity contribution in [2.75, 3.05) is 13.2 Å². The Hall–Kier alpha value is -0.820. The molecule has 0 radical (unpaired) electrons. The van der Waals surface area contributed by atoms with Gasteiger partial charge in [0.2, 0.25) is 0 Å². The summed E-state index contributed by atoms with van der Waals surface area (Å²) >= 11 is 0. The molecule has 0 aromatic heterocycles. The molecule has 0 aliphatic heterocycles. The molecule has 2 atom stereocenters. The Bertz CT molecular complexity index is 208. The predicted molar refractivity (Wildman–Crippen MR) is 46.1 cm³/mol. The van der Waals surface area contributed by atoms with Gasteiger partial charge in [-0.05, 0) is 13.8 Å². The number of hydrogen-bond donors (Lipinski definition) is 1. The topological polar surface area (TPSA) is 61.5 Å². The lowest BCUT2D eigenvalue weighted by Crippen LogP contribution is -2.52. The van der Waals surface area contributed by atoms with Crippen LogP contribution in [-0.2, 0) is 14.3 Å². The second kappa shape index (κ2) is 5.92. The molecule has 0 saturated heterocycles. The second-order valence-electron chi connectivity index (χ2n) is 2.70. The molecule has 0 fully saturated rings. The van der Waals surface area contributed by atoms with Gasteiger partial charge in [0, 0.05) is 6.61 Å². The minimum Gasteiger partial charge on any atom is -0.464 e. The minimum atomic E-state index is -4.69. The lowest BCUT2D eigenvalue weighted by atomic mass is 10.1. The van der Waals surface area contributed by atoms with E-state index in [1.807, 2.05) is 0 Å². The average Bonchev–Trinajstić information content (AvgIpc) is 2.12. The summed E-state index contributed by atoms with van der Waals surface area (Å²) in [5.74, 6) is -1.09. The summed E-state index contributed by atoms with van der Waals surface area (Å²) in [6.07, 6.45) is -6.48. The van der Waals surface area contributed by atoms with Crippen molar-refractivity contribution in [2.45, 2.75) is 32.2 Å². The zero-order valence-corrected chi connectivity index (χ0v) is 8.50. The lowest BCUT2D eigenvalue weighted by molar-refractivity contribution is -0.192. The Morgan fingerprint density at radius 3 is 2.20 bits per heavy atom. The normalized spacial score (nSPS) is 15.9. The number of nitrogens with two attached hydrogens (primary N) is 1. The van der Waals surface area contributed by atoms with Crippen LogP contribution in [-0.4, -0.2) is 37.5 Å². The molecule has 0 rings (SSSR count). The molecule has 0 aliphatic rings. The van der Waals surface area contributed by atoms with E-state index in [-0.39, 0.29) is 13.2 Å². The van der Waals surface area contributed by atoms with E-state index in [0.29, 0.717) is 0 Å². The lowest BCUT2D eigenvalue weighted by Gasteiger charge is -2.23. The first-order valence-corrected chi connectivity index (χ1v) is 4.45.